The van der Waals surface area contributed by atoms with E-state index in [0.717, 1.165) is 16.7 Å². The van der Waals surface area contributed by atoms with Gasteiger partial charge in [-0.25, -0.2) is 0 Å². The van der Waals surface area contributed by atoms with Crippen molar-refractivity contribution in [3.63, 3.8) is 0 Å². The molecule has 0 aliphatic carbocycles. The van der Waals surface area contributed by atoms with Crippen LogP contribution in [0.3, 0.4) is 0 Å². The molecular formula is C29H29NO6. The molecule has 36 heavy (non-hydrogen) atoms. The third-order valence-corrected chi connectivity index (χ3v) is 6.39. The van der Waals surface area contributed by atoms with Crippen molar-refractivity contribution in [3.8, 4) is 11.5 Å². The van der Waals surface area contributed by atoms with E-state index in [2.05, 4.69) is 0 Å². The minimum absolute atomic E-state index is 0.0639. The van der Waals surface area contributed by atoms with Crippen LogP contribution in [0.2, 0.25) is 0 Å². The zero-order chi connectivity index (χ0) is 25.7. The minimum Gasteiger partial charge on any atom is -0.496 e. The number of esters is 2. The number of hydrogen-bond acceptors (Lipinski definition) is 6. The van der Waals surface area contributed by atoms with Crippen LogP contribution in [-0.2, 0) is 25.5 Å². The van der Waals surface area contributed by atoms with Gasteiger partial charge in [-0.15, -0.1) is 0 Å². The number of carbonyl (C=O) groups is 3. The Labute approximate surface area is 210 Å². The predicted octanol–water partition coefficient (Wildman–Crippen LogP) is 4.81. The van der Waals surface area contributed by atoms with Crippen LogP contribution in [-0.4, -0.2) is 32.1 Å². The fourth-order valence-corrected chi connectivity index (χ4v) is 4.52. The summed E-state index contributed by atoms with van der Waals surface area (Å²) in [6.07, 6.45) is 0.706. The molecule has 1 fully saturated rings. The van der Waals surface area contributed by atoms with Crippen molar-refractivity contribution in [1.29, 1.82) is 0 Å². The second-order valence-electron chi connectivity index (χ2n) is 8.75. The van der Waals surface area contributed by atoms with E-state index < -0.39 is 17.9 Å². The normalized spacial score (nSPS) is 17.4. The largest absolute Gasteiger partial charge is 0.496 e. The molecule has 4 rings (SSSR count). The monoisotopic (exact) mass is 487 g/mol. The molecule has 0 bridgehead atoms. The van der Waals surface area contributed by atoms with Gasteiger partial charge in [0.05, 0.1) is 32.6 Å². The van der Waals surface area contributed by atoms with E-state index in [1.54, 1.807) is 36.3 Å². The molecule has 3 aromatic rings. The maximum absolute atomic E-state index is 13.5. The van der Waals surface area contributed by atoms with Gasteiger partial charge >= 0.3 is 11.9 Å². The average Bonchev–Trinajstić information content (AvgIpc) is 2.90. The lowest BCUT2D eigenvalue weighted by Crippen LogP contribution is -2.46. The highest BCUT2D eigenvalue weighted by Gasteiger charge is 2.43. The third-order valence-electron chi connectivity index (χ3n) is 6.39. The highest BCUT2D eigenvalue weighted by atomic mass is 16.5. The SMILES string of the molecule is COC(=O)Cc1ccc(OC(=O)C2CCC(=O)N(c3ccc(C)cc3)C2c2ccccc2OC)cc1. The number of nitrogens with zero attached hydrogens (tertiary/aromatic N) is 1. The molecule has 1 heterocycles. The summed E-state index contributed by atoms with van der Waals surface area (Å²) in [6, 6.07) is 21.2. The second-order valence-corrected chi connectivity index (χ2v) is 8.75. The van der Waals surface area contributed by atoms with Gasteiger partial charge in [0.15, 0.2) is 0 Å². The number of anilines is 1. The molecule has 1 aliphatic rings. The summed E-state index contributed by atoms with van der Waals surface area (Å²) in [5.74, 6) is -0.495. The maximum atomic E-state index is 13.5. The Hall–Kier alpha value is -4.13. The Morgan fingerprint density at radius 2 is 1.64 bits per heavy atom. The van der Waals surface area contributed by atoms with E-state index in [1.165, 1.54) is 7.11 Å². The van der Waals surface area contributed by atoms with Crippen LogP contribution in [0.15, 0.2) is 72.8 Å². The molecule has 2 unspecified atom stereocenters. The van der Waals surface area contributed by atoms with Gasteiger partial charge < -0.3 is 19.1 Å². The highest BCUT2D eigenvalue weighted by molar-refractivity contribution is 5.97. The standard InChI is InChI=1S/C29H29NO6/c1-19-8-12-21(13-9-19)30-26(31)17-16-24(28(30)23-6-4-5-7-25(23)34-2)29(33)36-22-14-10-20(11-15-22)18-27(32)35-3/h4-15,24,28H,16-18H2,1-3H3. The number of para-hydroxylation sites is 1. The van der Waals surface area contributed by atoms with Gasteiger partial charge in [0.2, 0.25) is 5.91 Å². The Morgan fingerprint density at radius 1 is 0.944 bits per heavy atom. The first-order valence-corrected chi connectivity index (χ1v) is 11.8. The highest BCUT2D eigenvalue weighted by Crippen LogP contribution is 2.43. The van der Waals surface area contributed by atoms with Gasteiger partial charge in [0, 0.05) is 17.7 Å². The van der Waals surface area contributed by atoms with Crippen molar-refractivity contribution in [3.05, 3.63) is 89.5 Å². The van der Waals surface area contributed by atoms with Crippen LogP contribution in [0.1, 0.15) is 35.6 Å². The number of benzene rings is 3. The molecule has 7 heteroatoms. The lowest BCUT2D eigenvalue weighted by Gasteiger charge is -2.40. The Morgan fingerprint density at radius 3 is 2.31 bits per heavy atom. The quantitative estimate of drug-likeness (QED) is 0.351. The number of amides is 1. The number of piperidine rings is 1. The first-order valence-electron chi connectivity index (χ1n) is 11.8. The van der Waals surface area contributed by atoms with Crippen LogP contribution < -0.4 is 14.4 Å². The van der Waals surface area contributed by atoms with Gasteiger partial charge in [0.25, 0.3) is 0 Å². The molecule has 0 aromatic heterocycles. The lowest BCUT2D eigenvalue weighted by atomic mass is 9.83. The van der Waals surface area contributed by atoms with E-state index in [9.17, 15) is 14.4 Å². The van der Waals surface area contributed by atoms with Crippen molar-refractivity contribution in [1.82, 2.24) is 0 Å². The number of carbonyl (C=O) groups excluding carboxylic acids is 3. The molecular weight excluding hydrogens is 458 g/mol. The van der Waals surface area contributed by atoms with E-state index in [1.807, 2.05) is 55.5 Å². The van der Waals surface area contributed by atoms with Gasteiger partial charge in [-0.3, -0.25) is 14.4 Å². The molecule has 1 saturated heterocycles. The van der Waals surface area contributed by atoms with Crippen LogP contribution in [0.4, 0.5) is 5.69 Å². The number of ether oxygens (including phenoxy) is 3. The Bertz CT molecular complexity index is 1240. The van der Waals surface area contributed by atoms with E-state index in [-0.39, 0.29) is 24.7 Å². The van der Waals surface area contributed by atoms with Crippen molar-refractivity contribution < 1.29 is 28.6 Å². The molecule has 186 valence electrons. The fourth-order valence-electron chi connectivity index (χ4n) is 4.52. The van der Waals surface area contributed by atoms with Crippen molar-refractivity contribution in [2.45, 2.75) is 32.2 Å². The van der Waals surface area contributed by atoms with Gasteiger partial charge in [-0.05, 0) is 49.2 Å². The zero-order valence-corrected chi connectivity index (χ0v) is 20.6. The zero-order valence-electron chi connectivity index (χ0n) is 20.6. The van der Waals surface area contributed by atoms with Crippen LogP contribution in [0.25, 0.3) is 0 Å². The number of methoxy groups -OCH3 is 2. The van der Waals surface area contributed by atoms with Crippen molar-refractivity contribution >= 4 is 23.5 Å². The molecule has 1 amide bonds. The van der Waals surface area contributed by atoms with Crippen LogP contribution in [0.5, 0.6) is 11.5 Å². The first-order chi connectivity index (χ1) is 17.4. The van der Waals surface area contributed by atoms with E-state index >= 15 is 0 Å². The van der Waals surface area contributed by atoms with Gasteiger partial charge in [-0.1, -0.05) is 48.0 Å². The molecule has 2 atom stereocenters. The molecule has 0 N–H and O–H groups in total. The topological polar surface area (TPSA) is 82.1 Å². The summed E-state index contributed by atoms with van der Waals surface area (Å²) in [5.41, 5.74) is 3.28. The lowest BCUT2D eigenvalue weighted by molar-refractivity contribution is -0.142. The maximum Gasteiger partial charge on any atom is 0.316 e. The summed E-state index contributed by atoms with van der Waals surface area (Å²) < 4.78 is 16.1. The number of hydrogen-bond donors (Lipinski definition) is 0. The molecule has 7 nitrogen and oxygen atoms in total. The Balaban J connectivity index is 1.67. The predicted molar refractivity (Wildman–Crippen MR) is 135 cm³/mol. The summed E-state index contributed by atoms with van der Waals surface area (Å²) in [4.78, 5) is 40.0. The molecule has 1 aliphatic heterocycles. The molecule has 0 spiro atoms. The third kappa shape index (κ3) is 5.40. The Kier molecular flexibility index (Phi) is 7.68. The van der Waals surface area contributed by atoms with Crippen LogP contribution in [0, 0.1) is 12.8 Å². The number of rotatable bonds is 7. The average molecular weight is 488 g/mol. The van der Waals surface area contributed by atoms with Gasteiger partial charge in [0.1, 0.15) is 11.5 Å². The van der Waals surface area contributed by atoms with Crippen LogP contribution >= 0.6 is 0 Å². The summed E-state index contributed by atoms with van der Waals surface area (Å²) >= 11 is 0. The molecule has 0 radical (unpaired) electrons. The molecule has 3 aromatic carbocycles. The number of aryl methyl sites for hydroxylation is 1. The van der Waals surface area contributed by atoms with Gasteiger partial charge in [-0.2, -0.15) is 0 Å². The second kappa shape index (κ2) is 11.1. The minimum atomic E-state index is -0.616. The van der Waals surface area contributed by atoms with Crippen molar-refractivity contribution in [2.24, 2.45) is 5.92 Å². The summed E-state index contributed by atoms with van der Waals surface area (Å²) in [7, 11) is 2.91. The summed E-state index contributed by atoms with van der Waals surface area (Å²) in [5, 5.41) is 0. The molecule has 0 saturated carbocycles. The first kappa shape index (κ1) is 25.0. The van der Waals surface area contributed by atoms with E-state index in [0.29, 0.717) is 23.6 Å². The van der Waals surface area contributed by atoms with Crippen molar-refractivity contribution in [2.75, 3.05) is 19.1 Å². The van der Waals surface area contributed by atoms with E-state index in [4.69, 9.17) is 14.2 Å². The fraction of sp³-hybridized carbons (Fsp3) is 0.276. The summed E-state index contributed by atoms with van der Waals surface area (Å²) in [6.45, 7) is 1.98. The smallest absolute Gasteiger partial charge is 0.316 e.